The number of halogens is 2. The van der Waals surface area contributed by atoms with Crippen LogP contribution >= 0.6 is 31.0 Å². The van der Waals surface area contributed by atoms with Gasteiger partial charge in [-0.2, -0.15) is 15.0 Å². The summed E-state index contributed by atoms with van der Waals surface area (Å²) < 4.78 is 33.3. The van der Waals surface area contributed by atoms with Crippen molar-refractivity contribution in [1.82, 2.24) is 15.0 Å². The second-order valence-electron chi connectivity index (χ2n) is 14.5. The van der Waals surface area contributed by atoms with Crippen LogP contribution in [-0.2, 0) is 32.7 Å². The van der Waals surface area contributed by atoms with E-state index >= 15 is 0 Å². The van der Waals surface area contributed by atoms with Crippen LogP contribution in [0.25, 0.3) is 0 Å². The molecule has 15 heteroatoms. The Balaban J connectivity index is 2.39. The Hall–Kier alpha value is -1.56. The van der Waals surface area contributed by atoms with Gasteiger partial charge in [0.05, 0.1) is 13.2 Å². The van der Waals surface area contributed by atoms with E-state index in [0.29, 0.717) is 12.8 Å². The molecule has 320 valence electrons. The van der Waals surface area contributed by atoms with E-state index in [4.69, 9.17) is 41.7 Å². The number of carbonyl (C=O) groups excluding carboxylic acids is 2. The molecule has 1 unspecified atom stereocenters. The number of aromatic nitrogens is 3. The van der Waals surface area contributed by atoms with E-state index < -0.39 is 32.5 Å². The second-order valence-corrected chi connectivity index (χ2v) is 16.6. The molecule has 1 rings (SSSR count). The van der Waals surface area contributed by atoms with Crippen LogP contribution in [0.3, 0.4) is 0 Å². The van der Waals surface area contributed by atoms with Crippen LogP contribution in [0.1, 0.15) is 194 Å². The van der Waals surface area contributed by atoms with Crippen LogP contribution in [-0.4, -0.2) is 59.4 Å². The minimum Gasteiger partial charge on any atom is -0.756 e. The first-order valence-electron chi connectivity index (χ1n) is 21.4. The lowest BCUT2D eigenvalue weighted by Crippen LogP contribution is -2.30. The number of esters is 2. The molecule has 0 radical (unpaired) electrons. The SMILES string of the molecule is CCCCCCCCCCCCCCCC(=O)OC[C@H](COP(=O)([O-])OCCNc1nc(Cl)nc(Cl)n1)OC(=O)CCCCCCCCCCCCCCC. The summed E-state index contributed by atoms with van der Waals surface area (Å²) in [7, 11) is -4.80. The van der Waals surface area contributed by atoms with Gasteiger partial charge in [-0.25, -0.2) is 0 Å². The van der Waals surface area contributed by atoms with Crippen LogP contribution < -0.4 is 10.2 Å². The molecular weight excluding hydrogens is 766 g/mol. The van der Waals surface area contributed by atoms with Crippen molar-refractivity contribution < 1.29 is 37.6 Å². The summed E-state index contributed by atoms with van der Waals surface area (Å²) in [6.45, 7) is 3.28. The number of phosphoric acid groups is 1. The Bertz CT molecular complexity index is 1140. The molecule has 1 heterocycles. The smallest absolute Gasteiger partial charge is 0.306 e. The number of carbonyl (C=O) groups is 2. The van der Waals surface area contributed by atoms with Gasteiger partial charge >= 0.3 is 11.9 Å². The highest BCUT2D eigenvalue weighted by molar-refractivity contribution is 7.45. The number of nitrogens with zero attached hydrogens (tertiary/aromatic N) is 3. The van der Waals surface area contributed by atoms with Gasteiger partial charge in [-0.3, -0.25) is 14.2 Å². The van der Waals surface area contributed by atoms with Gasteiger partial charge in [0.2, 0.25) is 16.5 Å². The van der Waals surface area contributed by atoms with Gasteiger partial charge < -0.3 is 28.7 Å². The molecule has 0 bridgehead atoms. The minimum absolute atomic E-state index is 0.0133. The molecule has 0 amide bonds. The monoisotopic (exact) mass is 837 g/mol. The fraction of sp³-hybridized carbons (Fsp3) is 0.875. The van der Waals surface area contributed by atoms with Crippen LogP contribution in [0.5, 0.6) is 0 Å². The van der Waals surface area contributed by atoms with E-state index in [1.807, 2.05) is 0 Å². The molecule has 1 N–H and O–H groups in total. The number of rotatable bonds is 39. The molecule has 0 saturated carbocycles. The Morgan fingerprint density at radius 2 is 1.00 bits per heavy atom. The fourth-order valence-corrected chi connectivity index (χ4v) is 7.23. The normalized spacial score (nSPS) is 13.0. The summed E-state index contributed by atoms with van der Waals surface area (Å²) in [5.74, 6) is -0.872. The Morgan fingerprint density at radius 1 is 0.600 bits per heavy atom. The number of hydrogen-bond acceptors (Lipinski definition) is 12. The zero-order chi connectivity index (χ0) is 40.2. The van der Waals surface area contributed by atoms with E-state index in [1.54, 1.807) is 0 Å². The summed E-state index contributed by atoms with van der Waals surface area (Å²) in [5.41, 5.74) is 0. The van der Waals surface area contributed by atoms with Crippen molar-refractivity contribution >= 4 is 48.9 Å². The molecule has 1 aromatic rings. The first-order valence-corrected chi connectivity index (χ1v) is 23.6. The van der Waals surface area contributed by atoms with E-state index in [-0.39, 0.29) is 49.1 Å². The van der Waals surface area contributed by atoms with Crippen molar-refractivity contribution in [2.75, 3.05) is 31.7 Å². The molecule has 0 saturated heterocycles. The lowest BCUT2D eigenvalue weighted by molar-refractivity contribution is -0.228. The lowest BCUT2D eigenvalue weighted by Gasteiger charge is -2.25. The van der Waals surface area contributed by atoms with E-state index in [1.165, 1.54) is 116 Å². The fourth-order valence-electron chi connectivity index (χ4n) is 6.13. The molecule has 0 fully saturated rings. The molecule has 55 heavy (non-hydrogen) atoms. The molecule has 0 aliphatic heterocycles. The molecule has 1 aromatic heterocycles. The third kappa shape index (κ3) is 33.2. The van der Waals surface area contributed by atoms with Crippen LogP contribution in [0.15, 0.2) is 0 Å². The third-order valence-electron chi connectivity index (χ3n) is 9.33. The zero-order valence-electron chi connectivity index (χ0n) is 34.0. The molecule has 0 aliphatic carbocycles. The molecule has 0 spiro atoms. The molecule has 2 atom stereocenters. The summed E-state index contributed by atoms with van der Waals surface area (Å²) >= 11 is 11.5. The maximum absolute atomic E-state index is 12.7. The molecule has 12 nitrogen and oxygen atoms in total. The van der Waals surface area contributed by atoms with E-state index in [9.17, 15) is 19.0 Å². The van der Waals surface area contributed by atoms with E-state index in [2.05, 4.69) is 34.1 Å². The first-order chi connectivity index (χ1) is 26.6. The lowest BCUT2D eigenvalue weighted by atomic mass is 10.0. The number of nitrogens with one attached hydrogen (secondary N) is 1. The quantitative estimate of drug-likeness (QED) is 0.0380. The van der Waals surface area contributed by atoms with Gasteiger partial charge in [0.15, 0.2) is 6.10 Å². The predicted octanol–water partition coefficient (Wildman–Crippen LogP) is 11.5. The number of phosphoric ester groups is 1. The van der Waals surface area contributed by atoms with Crippen molar-refractivity contribution in [2.45, 2.75) is 200 Å². The topological polar surface area (TPSA) is 162 Å². The van der Waals surface area contributed by atoms with Gasteiger partial charge in [-0.1, -0.05) is 168 Å². The third-order valence-corrected chi connectivity index (χ3v) is 10.6. The van der Waals surface area contributed by atoms with Crippen LogP contribution in [0, 0.1) is 0 Å². The summed E-state index contributed by atoms with van der Waals surface area (Å²) in [5, 5.41) is 2.47. The summed E-state index contributed by atoms with van der Waals surface area (Å²) in [6.07, 6.45) is 30.4. The summed E-state index contributed by atoms with van der Waals surface area (Å²) in [4.78, 5) is 48.9. The van der Waals surface area contributed by atoms with Crippen molar-refractivity contribution in [1.29, 1.82) is 0 Å². The Morgan fingerprint density at radius 3 is 1.44 bits per heavy atom. The molecule has 0 aromatic carbocycles. The van der Waals surface area contributed by atoms with Crippen molar-refractivity contribution in [3.63, 3.8) is 0 Å². The van der Waals surface area contributed by atoms with Crippen molar-refractivity contribution in [3.8, 4) is 0 Å². The van der Waals surface area contributed by atoms with Gasteiger partial charge in [0.1, 0.15) is 6.61 Å². The van der Waals surface area contributed by atoms with Crippen LogP contribution in [0.2, 0.25) is 10.6 Å². The molecule has 0 aliphatic rings. The zero-order valence-corrected chi connectivity index (χ0v) is 36.4. The number of unbranched alkanes of at least 4 members (excludes halogenated alkanes) is 24. The Kier molecular flexibility index (Phi) is 33.3. The van der Waals surface area contributed by atoms with Gasteiger partial charge in [-0.05, 0) is 36.0 Å². The van der Waals surface area contributed by atoms with Gasteiger partial charge in [0, 0.05) is 19.4 Å². The van der Waals surface area contributed by atoms with Crippen molar-refractivity contribution in [2.24, 2.45) is 0 Å². The van der Waals surface area contributed by atoms with E-state index in [0.717, 1.165) is 38.5 Å². The van der Waals surface area contributed by atoms with Gasteiger partial charge in [0.25, 0.3) is 7.82 Å². The maximum atomic E-state index is 12.7. The Labute approximate surface area is 342 Å². The highest BCUT2D eigenvalue weighted by Crippen LogP contribution is 2.38. The highest BCUT2D eigenvalue weighted by Gasteiger charge is 2.21. The number of ether oxygens (including phenoxy) is 2. The first kappa shape index (κ1) is 51.5. The molecular formula is C40H72Cl2N4O8P-. The van der Waals surface area contributed by atoms with Gasteiger partial charge in [-0.15, -0.1) is 0 Å². The largest absolute Gasteiger partial charge is 0.756 e. The summed E-state index contributed by atoms with van der Waals surface area (Å²) in [6, 6.07) is 0. The number of hydrogen-bond donors (Lipinski definition) is 1. The average Bonchev–Trinajstić information content (AvgIpc) is 3.14. The van der Waals surface area contributed by atoms with Crippen molar-refractivity contribution in [3.05, 3.63) is 10.6 Å². The maximum Gasteiger partial charge on any atom is 0.306 e. The average molecular weight is 839 g/mol. The highest BCUT2D eigenvalue weighted by atomic mass is 35.5. The minimum atomic E-state index is -4.80. The standard InChI is InChI=1S/C40H73Cl2N4O8P/c1-3-5-7-9-11-13-15-17-19-21-23-25-27-29-36(47)51-33-35(34-53-55(49,50)52-32-31-43-40-45-38(41)44-39(42)46-40)54-37(48)30-28-26-24-22-20-18-16-14-12-10-8-6-4-2/h35H,3-34H2,1-2H3,(H,49,50)(H,43,44,45,46)/p-1/t35-/m1/s1. The predicted molar refractivity (Wildman–Crippen MR) is 219 cm³/mol. The second kappa shape index (κ2) is 35.6. The number of anilines is 1. The van der Waals surface area contributed by atoms with Crippen LogP contribution in [0.4, 0.5) is 5.95 Å².